The first kappa shape index (κ1) is 15.5. The van der Waals surface area contributed by atoms with Crippen molar-refractivity contribution in [3.63, 3.8) is 0 Å². The summed E-state index contributed by atoms with van der Waals surface area (Å²) in [6.07, 6.45) is 0. The van der Waals surface area contributed by atoms with Crippen molar-refractivity contribution in [3.8, 4) is 12.1 Å². The highest BCUT2D eigenvalue weighted by molar-refractivity contribution is 7.89. The second-order valence-electron chi connectivity index (χ2n) is 3.46. The van der Waals surface area contributed by atoms with Crippen molar-refractivity contribution >= 4 is 15.7 Å². The molecule has 0 aliphatic rings. The Bertz CT molecular complexity index is 704. The molecular weight excluding hydrogens is 291 g/mol. The molecule has 8 nitrogen and oxygen atoms in total. The van der Waals surface area contributed by atoms with Gasteiger partial charge in [-0.2, -0.15) is 19.2 Å². The number of nitriles is 2. The Morgan fingerprint density at radius 3 is 2.25 bits per heavy atom. The van der Waals surface area contributed by atoms with E-state index in [1.165, 1.54) is 0 Å². The van der Waals surface area contributed by atoms with Crippen molar-refractivity contribution < 1.29 is 17.7 Å². The number of nitro groups is 1. The van der Waals surface area contributed by atoms with Gasteiger partial charge >= 0.3 is 5.69 Å². The lowest BCUT2D eigenvalue weighted by molar-refractivity contribution is -0.387. The third kappa shape index (κ3) is 3.06. The number of sulfonamides is 1. The van der Waals surface area contributed by atoms with E-state index in [1.54, 1.807) is 12.1 Å². The van der Waals surface area contributed by atoms with Crippen molar-refractivity contribution in [1.82, 2.24) is 4.31 Å². The van der Waals surface area contributed by atoms with Crippen LogP contribution in [-0.2, 0) is 10.0 Å². The number of hydrogen-bond donors (Lipinski definition) is 0. The summed E-state index contributed by atoms with van der Waals surface area (Å²) in [4.78, 5) is 8.89. The van der Waals surface area contributed by atoms with E-state index < -0.39 is 44.4 Å². The fourth-order valence-corrected chi connectivity index (χ4v) is 2.57. The van der Waals surface area contributed by atoms with Gasteiger partial charge < -0.3 is 0 Å². The average Bonchev–Trinajstić information content (AvgIpc) is 2.37. The Labute approximate surface area is 113 Å². The number of benzene rings is 1. The molecular formula is C10H7FN4O4S. The zero-order valence-electron chi connectivity index (χ0n) is 9.85. The number of hydrogen-bond acceptors (Lipinski definition) is 6. The highest BCUT2D eigenvalue weighted by Crippen LogP contribution is 2.22. The molecule has 0 heterocycles. The van der Waals surface area contributed by atoms with Crippen LogP contribution in [0.3, 0.4) is 0 Å². The van der Waals surface area contributed by atoms with Gasteiger partial charge in [0, 0.05) is 12.1 Å². The van der Waals surface area contributed by atoms with Crippen molar-refractivity contribution in [3.05, 3.63) is 34.1 Å². The summed E-state index contributed by atoms with van der Waals surface area (Å²) in [6, 6.07) is 5.17. The smallest absolute Gasteiger partial charge is 0.258 e. The Kier molecular flexibility index (Phi) is 4.69. The van der Waals surface area contributed by atoms with Gasteiger partial charge in [0.05, 0.1) is 22.0 Å². The zero-order valence-corrected chi connectivity index (χ0v) is 10.7. The molecule has 0 bridgehead atoms. The summed E-state index contributed by atoms with van der Waals surface area (Å²) >= 11 is 0. The van der Waals surface area contributed by atoms with Crippen LogP contribution in [0.5, 0.6) is 0 Å². The number of rotatable bonds is 5. The maximum atomic E-state index is 13.4. The molecule has 1 aromatic rings. The summed E-state index contributed by atoms with van der Waals surface area (Å²) < 4.78 is 38.0. The second kappa shape index (κ2) is 6.06. The standard InChI is InChI=1S/C10H7FN4O4S/c11-9-7-8(1-2-10(9)15(16)17)20(18,19)14(5-3-12)6-4-13/h1-2,7H,5-6H2. The van der Waals surface area contributed by atoms with Gasteiger partial charge in [0.1, 0.15) is 13.1 Å². The summed E-state index contributed by atoms with van der Waals surface area (Å²) in [7, 11) is -4.26. The van der Waals surface area contributed by atoms with Crippen LogP contribution in [-0.4, -0.2) is 30.7 Å². The van der Waals surface area contributed by atoms with Crippen molar-refractivity contribution in [2.24, 2.45) is 0 Å². The zero-order chi connectivity index (χ0) is 15.3. The minimum absolute atomic E-state index is 0.481. The van der Waals surface area contributed by atoms with E-state index in [0.29, 0.717) is 16.4 Å². The molecule has 0 saturated carbocycles. The molecule has 20 heavy (non-hydrogen) atoms. The van der Waals surface area contributed by atoms with Gasteiger partial charge in [-0.1, -0.05) is 0 Å². The lowest BCUT2D eigenvalue weighted by atomic mass is 10.3. The van der Waals surface area contributed by atoms with E-state index in [4.69, 9.17) is 10.5 Å². The summed E-state index contributed by atoms with van der Waals surface area (Å²) in [5.74, 6) is -1.31. The van der Waals surface area contributed by atoms with E-state index in [1.807, 2.05) is 0 Å². The normalized spacial score (nSPS) is 10.8. The molecule has 1 rings (SSSR count). The first-order chi connectivity index (χ1) is 9.34. The lowest BCUT2D eigenvalue weighted by Crippen LogP contribution is -2.32. The van der Waals surface area contributed by atoms with Crippen LogP contribution in [0.1, 0.15) is 0 Å². The van der Waals surface area contributed by atoms with Crippen molar-refractivity contribution in [2.75, 3.05) is 13.1 Å². The SMILES string of the molecule is N#CCN(CC#N)S(=O)(=O)c1ccc([N+](=O)[O-])c(F)c1. The lowest BCUT2D eigenvalue weighted by Gasteiger charge is -2.15. The van der Waals surface area contributed by atoms with Crippen LogP contribution < -0.4 is 0 Å². The monoisotopic (exact) mass is 298 g/mol. The Morgan fingerprint density at radius 2 is 1.85 bits per heavy atom. The largest absolute Gasteiger partial charge is 0.304 e. The Hall–Kier alpha value is -2.56. The van der Waals surface area contributed by atoms with E-state index in [2.05, 4.69) is 0 Å². The molecule has 0 fully saturated rings. The van der Waals surface area contributed by atoms with Gasteiger partial charge in [-0.3, -0.25) is 10.1 Å². The summed E-state index contributed by atoms with van der Waals surface area (Å²) in [6.45, 7) is -1.18. The van der Waals surface area contributed by atoms with Gasteiger partial charge in [-0.05, 0) is 6.07 Å². The number of nitrogens with zero attached hydrogens (tertiary/aromatic N) is 4. The average molecular weight is 298 g/mol. The van der Waals surface area contributed by atoms with Crippen molar-refractivity contribution in [1.29, 1.82) is 10.5 Å². The van der Waals surface area contributed by atoms with E-state index >= 15 is 0 Å². The predicted molar refractivity (Wildman–Crippen MR) is 63.0 cm³/mol. The third-order valence-electron chi connectivity index (χ3n) is 2.25. The highest BCUT2D eigenvalue weighted by atomic mass is 32.2. The number of nitro benzene ring substituents is 1. The molecule has 0 aromatic heterocycles. The maximum Gasteiger partial charge on any atom is 0.304 e. The highest BCUT2D eigenvalue weighted by Gasteiger charge is 2.26. The van der Waals surface area contributed by atoms with Gasteiger partial charge in [0.25, 0.3) is 0 Å². The molecule has 0 radical (unpaired) electrons. The van der Waals surface area contributed by atoms with Gasteiger partial charge in [-0.25, -0.2) is 8.42 Å². The molecule has 0 spiro atoms. The van der Waals surface area contributed by atoms with Crippen LogP contribution in [0.15, 0.2) is 23.1 Å². The van der Waals surface area contributed by atoms with Gasteiger partial charge in [0.15, 0.2) is 0 Å². The van der Waals surface area contributed by atoms with Crippen LogP contribution in [0.4, 0.5) is 10.1 Å². The summed E-state index contributed by atoms with van der Waals surface area (Å²) in [5, 5.41) is 27.5. The molecule has 0 amide bonds. The first-order valence-corrected chi connectivity index (χ1v) is 6.46. The minimum atomic E-state index is -4.26. The van der Waals surface area contributed by atoms with E-state index in [9.17, 15) is 22.9 Å². The van der Waals surface area contributed by atoms with Crippen LogP contribution in [0.25, 0.3) is 0 Å². The van der Waals surface area contributed by atoms with Crippen molar-refractivity contribution in [2.45, 2.75) is 4.90 Å². The second-order valence-corrected chi connectivity index (χ2v) is 5.40. The Balaban J connectivity index is 3.29. The first-order valence-electron chi connectivity index (χ1n) is 5.02. The van der Waals surface area contributed by atoms with E-state index in [0.717, 1.165) is 6.07 Å². The molecule has 10 heteroatoms. The minimum Gasteiger partial charge on any atom is -0.258 e. The fourth-order valence-electron chi connectivity index (χ4n) is 1.33. The van der Waals surface area contributed by atoms with Gasteiger partial charge in [-0.15, -0.1) is 0 Å². The number of halogens is 1. The van der Waals surface area contributed by atoms with Crippen LogP contribution >= 0.6 is 0 Å². The van der Waals surface area contributed by atoms with E-state index in [-0.39, 0.29) is 0 Å². The molecule has 1 aromatic carbocycles. The molecule has 0 aliphatic heterocycles. The van der Waals surface area contributed by atoms with Gasteiger partial charge in [0.2, 0.25) is 15.8 Å². The fraction of sp³-hybridized carbons (Fsp3) is 0.200. The molecule has 0 atom stereocenters. The quantitative estimate of drug-likeness (QED) is 0.448. The molecule has 0 aliphatic carbocycles. The maximum absolute atomic E-state index is 13.4. The third-order valence-corrected chi connectivity index (χ3v) is 4.04. The summed E-state index contributed by atoms with van der Waals surface area (Å²) in [5.41, 5.74) is -0.865. The molecule has 104 valence electrons. The molecule has 0 N–H and O–H groups in total. The van der Waals surface area contributed by atoms with Crippen LogP contribution in [0, 0.1) is 38.6 Å². The molecule has 0 saturated heterocycles. The topological polar surface area (TPSA) is 128 Å². The predicted octanol–water partition coefficient (Wildman–Crippen LogP) is 0.772. The molecule has 0 unspecified atom stereocenters. The van der Waals surface area contributed by atoms with Crippen LogP contribution in [0.2, 0.25) is 0 Å². The Morgan fingerprint density at radius 1 is 1.30 bits per heavy atom.